The van der Waals surface area contributed by atoms with E-state index in [1.165, 1.54) is 24.8 Å². The fourth-order valence-corrected chi connectivity index (χ4v) is 2.75. The van der Waals surface area contributed by atoms with Crippen molar-refractivity contribution in [3.63, 3.8) is 0 Å². The molecular formula is C23H33NO2. The molecule has 0 saturated carbocycles. The number of rotatable bonds is 12. The molecule has 1 unspecified atom stereocenters. The van der Waals surface area contributed by atoms with Gasteiger partial charge < -0.3 is 14.8 Å². The number of nitrogens with one attached hydrogen (secondary N) is 1. The summed E-state index contributed by atoms with van der Waals surface area (Å²) in [5, 5.41) is 3.43. The van der Waals surface area contributed by atoms with Gasteiger partial charge in [0.25, 0.3) is 0 Å². The summed E-state index contributed by atoms with van der Waals surface area (Å²) in [6.07, 6.45) is 6.03. The van der Waals surface area contributed by atoms with Crippen molar-refractivity contribution < 1.29 is 9.47 Å². The molecule has 0 aliphatic carbocycles. The minimum atomic E-state index is 0.0843. The van der Waals surface area contributed by atoms with Crippen LogP contribution in [0.15, 0.2) is 48.5 Å². The van der Waals surface area contributed by atoms with Crippen LogP contribution in [0.2, 0.25) is 0 Å². The van der Waals surface area contributed by atoms with Crippen molar-refractivity contribution in [1.29, 1.82) is 0 Å². The maximum atomic E-state index is 5.97. The van der Waals surface area contributed by atoms with Crippen molar-refractivity contribution in [3.05, 3.63) is 54.1 Å². The maximum Gasteiger partial charge on any atom is 0.121 e. The van der Waals surface area contributed by atoms with Gasteiger partial charge in [-0.25, -0.2) is 0 Å². The van der Waals surface area contributed by atoms with Gasteiger partial charge in [-0.05, 0) is 49.6 Å². The molecule has 0 aliphatic heterocycles. The van der Waals surface area contributed by atoms with Crippen molar-refractivity contribution in [3.8, 4) is 11.5 Å². The summed E-state index contributed by atoms with van der Waals surface area (Å²) >= 11 is 0. The van der Waals surface area contributed by atoms with Crippen LogP contribution in [0.25, 0.3) is 0 Å². The Bertz CT molecular complexity index is 624. The van der Waals surface area contributed by atoms with E-state index in [0.29, 0.717) is 0 Å². The fourth-order valence-electron chi connectivity index (χ4n) is 2.75. The SMILES string of the molecule is CCCCCCOc1cccc(NCC(C)Oc2ccc(CC)cc2)c1. The lowest BCUT2D eigenvalue weighted by Crippen LogP contribution is -2.22. The number of benzene rings is 2. The molecule has 0 fully saturated rings. The molecule has 26 heavy (non-hydrogen) atoms. The molecule has 142 valence electrons. The second kappa shape index (κ2) is 11.5. The Morgan fingerprint density at radius 1 is 0.923 bits per heavy atom. The van der Waals surface area contributed by atoms with Gasteiger partial charge in [0.2, 0.25) is 0 Å². The number of aryl methyl sites for hydroxylation is 1. The van der Waals surface area contributed by atoms with E-state index in [2.05, 4.69) is 50.4 Å². The molecule has 0 radical (unpaired) electrons. The van der Waals surface area contributed by atoms with Crippen LogP contribution in [-0.2, 0) is 6.42 Å². The van der Waals surface area contributed by atoms with Crippen LogP contribution < -0.4 is 14.8 Å². The summed E-state index contributed by atoms with van der Waals surface area (Å²) in [6, 6.07) is 16.5. The highest BCUT2D eigenvalue weighted by Gasteiger charge is 2.05. The number of unbranched alkanes of at least 4 members (excludes halogenated alkanes) is 3. The van der Waals surface area contributed by atoms with Crippen molar-refractivity contribution in [2.75, 3.05) is 18.5 Å². The zero-order chi connectivity index (χ0) is 18.6. The van der Waals surface area contributed by atoms with Gasteiger partial charge in [-0.3, -0.25) is 0 Å². The molecule has 0 saturated heterocycles. The third-order valence-corrected chi connectivity index (χ3v) is 4.36. The lowest BCUT2D eigenvalue weighted by molar-refractivity contribution is 0.234. The highest BCUT2D eigenvalue weighted by atomic mass is 16.5. The molecular weight excluding hydrogens is 322 g/mol. The first kappa shape index (κ1) is 20.2. The van der Waals surface area contributed by atoms with Crippen LogP contribution in [-0.4, -0.2) is 19.3 Å². The highest BCUT2D eigenvalue weighted by Crippen LogP contribution is 2.19. The average molecular weight is 356 g/mol. The second-order valence-electron chi connectivity index (χ2n) is 6.74. The van der Waals surface area contributed by atoms with E-state index in [1.807, 2.05) is 24.3 Å². The quantitative estimate of drug-likeness (QED) is 0.467. The fraction of sp³-hybridized carbons (Fsp3) is 0.478. The highest BCUT2D eigenvalue weighted by molar-refractivity contribution is 5.48. The van der Waals surface area contributed by atoms with Crippen molar-refractivity contribution >= 4 is 5.69 Å². The van der Waals surface area contributed by atoms with Crippen molar-refractivity contribution in [2.45, 2.75) is 59.0 Å². The summed E-state index contributed by atoms with van der Waals surface area (Å²) in [4.78, 5) is 0. The Balaban J connectivity index is 1.74. The molecule has 2 aromatic rings. The van der Waals surface area contributed by atoms with Gasteiger partial charge in [-0.15, -0.1) is 0 Å². The zero-order valence-electron chi connectivity index (χ0n) is 16.5. The van der Waals surface area contributed by atoms with Gasteiger partial charge in [0.05, 0.1) is 13.2 Å². The van der Waals surface area contributed by atoms with Crippen LogP contribution >= 0.6 is 0 Å². The largest absolute Gasteiger partial charge is 0.494 e. The van der Waals surface area contributed by atoms with Crippen LogP contribution in [0, 0.1) is 0 Å². The first-order valence-electron chi connectivity index (χ1n) is 9.93. The van der Waals surface area contributed by atoms with Gasteiger partial charge >= 0.3 is 0 Å². The molecule has 0 aromatic heterocycles. The molecule has 0 heterocycles. The predicted octanol–water partition coefficient (Wildman–Crippen LogP) is 6.09. The predicted molar refractivity (Wildman–Crippen MR) is 110 cm³/mol. The normalized spacial score (nSPS) is 11.8. The van der Waals surface area contributed by atoms with Crippen molar-refractivity contribution in [2.24, 2.45) is 0 Å². The molecule has 2 rings (SSSR count). The van der Waals surface area contributed by atoms with Gasteiger partial charge in [-0.2, -0.15) is 0 Å². The number of ether oxygens (including phenoxy) is 2. The second-order valence-corrected chi connectivity index (χ2v) is 6.74. The average Bonchev–Trinajstić information content (AvgIpc) is 2.67. The topological polar surface area (TPSA) is 30.5 Å². The summed E-state index contributed by atoms with van der Waals surface area (Å²) in [5.41, 5.74) is 2.39. The van der Waals surface area contributed by atoms with Crippen molar-refractivity contribution in [1.82, 2.24) is 0 Å². The van der Waals surface area contributed by atoms with E-state index in [4.69, 9.17) is 9.47 Å². The maximum absolute atomic E-state index is 5.97. The summed E-state index contributed by atoms with van der Waals surface area (Å²) in [5.74, 6) is 1.84. The number of hydrogen-bond donors (Lipinski definition) is 1. The third kappa shape index (κ3) is 7.38. The summed E-state index contributed by atoms with van der Waals surface area (Å²) in [6.45, 7) is 7.99. The molecule has 0 spiro atoms. The molecule has 1 atom stereocenters. The van der Waals surface area contributed by atoms with E-state index >= 15 is 0 Å². The van der Waals surface area contributed by atoms with E-state index in [0.717, 1.165) is 43.2 Å². The molecule has 0 bridgehead atoms. The van der Waals surface area contributed by atoms with E-state index in [1.54, 1.807) is 0 Å². The lowest BCUT2D eigenvalue weighted by Gasteiger charge is -2.17. The summed E-state index contributed by atoms with van der Waals surface area (Å²) < 4.78 is 11.8. The van der Waals surface area contributed by atoms with Crippen LogP contribution in [0.4, 0.5) is 5.69 Å². The smallest absolute Gasteiger partial charge is 0.121 e. The van der Waals surface area contributed by atoms with E-state index in [9.17, 15) is 0 Å². The summed E-state index contributed by atoms with van der Waals surface area (Å²) in [7, 11) is 0. The molecule has 1 N–H and O–H groups in total. The van der Waals surface area contributed by atoms with Gasteiger partial charge in [0.1, 0.15) is 17.6 Å². The van der Waals surface area contributed by atoms with Gasteiger partial charge in [0.15, 0.2) is 0 Å². The van der Waals surface area contributed by atoms with Crippen LogP contribution in [0.5, 0.6) is 11.5 Å². The minimum Gasteiger partial charge on any atom is -0.494 e. The first-order valence-corrected chi connectivity index (χ1v) is 9.93. The third-order valence-electron chi connectivity index (χ3n) is 4.36. The van der Waals surface area contributed by atoms with Gasteiger partial charge in [-0.1, -0.05) is 51.3 Å². The number of hydrogen-bond acceptors (Lipinski definition) is 3. The Hall–Kier alpha value is -2.16. The molecule has 0 aliphatic rings. The Labute approximate surface area is 158 Å². The van der Waals surface area contributed by atoms with Crippen LogP contribution in [0.1, 0.15) is 52.0 Å². The Morgan fingerprint density at radius 2 is 1.73 bits per heavy atom. The Kier molecular flexibility index (Phi) is 8.88. The lowest BCUT2D eigenvalue weighted by atomic mass is 10.2. The molecule has 0 amide bonds. The first-order chi connectivity index (χ1) is 12.7. The standard InChI is InChI=1S/C23H33NO2/c1-4-6-7-8-16-25-23-11-9-10-21(17-23)24-18-19(3)26-22-14-12-20(5-2)13-15-22/h9-15,17,19,24H,4-8,16,18H2,1-3H3. The monoisotopic (exact) mass is 355 g/mol. The molecule has 3 nitrogen and oxygen atoms in total. The zero-order valence-corrected chi connectivity index (χ0v) is 16.5. The number of anilines is 1. The van der Waals surface area contributed by atoms with Gasteiger partial charge in [0, 0.05) is 11.8 Å². The minimum absolute atomic E-state index is 0.0843. The van der Waals surface area contributed by atoms with E-state index < -0.39 is 0 Å². The molecule has 3 heteroatoms. The Morgan fingerprint density at radius 3 is 2.46 bits per heavy atom. The van der Waals surface area contributed by atoms with E-state index in [-0.39, 0.29) is 6.10 Å². The van der Waals surface area contributed by atoms with Crippen LogP contribution in [0.3, 0.4) is 0 Å². The molecule has 2 aromatic carbocycles.